The largest absolute Gasteiger partial charge is 0.370 e. The summed E-state index contributed by atoms with van der Waals surface area (Å²) in [4.78, 5) is 10.5. The Hall–Kier alpha value is 0.200. The van der Waals surface area contributed by atoms with Crippen LogP contribution >= 0.6 is 22.6 Å². The number of carbonyl (C=O) groups is 1. The molecule has 0 aromatic carbocycles. The van der Waals surface area contributed by atoms with Crippen LogP contribution in [0.2, 0.25) is 0 Å². The van der Waals surface area contributed by atoms with Gasteiger partial charge in [0.15, 0.2) is 0 Å². The summed E-state index contributed by atoms with van der Waals surface area (Å²) < 4.78 is 1.30. The van der Waals surface area contributed by atoms with Crippen LogP contribution < -0.4 is 5.73 Å². The van der Waals surface area contributed by atoms with Crippen molar-refractivity contribution in [1.29, 1.82) is 0 Å². The Balaban J connectivity index is 2.89. The number of amides is 1. The Morgan fingerprint density at radius 1 is 0.800 bits per heavy atom. The number of nitrogens with two attached hydrogens (primary N) is 1. The van der Waals surface area contributed by atoms with Gasteiger partial charge in [-0.2, -0.15) is 0 Å². The van der Waals surface area contributed by atoms with E-state index in [0.29, 0.717) is 6.42 Å². The third-order valence-electron chi connectivity index (χ3n) is 2.56. The minimum absolute atomic E-state index is 0.159. The van der Waals surface area contributed by atoms with E-state index >= 15 is 0 Å². The highest BCUT2D eigenvalue weighted by atomic mass is 127. The van der Waals surface area contributed by atoms with E-state index in [-0.39, 0.29) is 5.91 Å². The molecule has 2 N–H and O–H groups in total. The summed E-state index contributed by atoms with van der Waals surface area (Å²) in [5.41, 5.74) is 5.06. The minimum Gasteiger partial charge on any atom is -0.370 e. The highest BCUT2D eigenvalue weighted by molar-refractivity contribution is 14.1. The topological polar surface area (TPSA) is 43.1 Å². The smallest absolute Gasteiger partial charge is 0.217 e. The first-order chi connectivity index (χ1) is 7.27. The van der Waals surface area contributed by atoms with Crippen LogP contribution in [-0.2, 0) is 4.79 Å². The van der Waals surface area contributed by atoms with E-state index < -0.39 is 0 Å². The molecule has 2 nitrogen and oxygen atoms in total. The first-order valence-corrected chi connectivity index (χ1v) is 7.64. The zero-order valence-electron chi connectivity index (χ0n) is 9.64. The van der Waals surface area contributed by atoms with Gasteiger partial charge >= 0.3 is 0 Å². The Labute approximate surface area is 108 Å². The van der Waals surface area contributed by atoms with Gasteiger partial charge in [0.2, 0.25) is 5.91 Å². The third kappa shape index (κ3) is 14.2. The van der Waals surface area contributed by atoms with Crippen molar-refractivity contribution in [2.75, 3.05) is 4.43 Å². The average Bonchev–Trinajstić information content (AvgIpc) is 2.20. The van der Waals surface area contributed by atoms with Gasteiger partial charge in [-0.3, -0.25) is 4.79 Å². The van der Waals surface area contributed by atoms with Crippen molar-refractivity contribution >= 4 is 28.5 Å². The molecule has 0 aliphatic heterocycles. The summed E-state index contributed by atoms with van der Waals surface area (Å²) in [6.45, 7) is 0. The van der Waals surface area contributed by atoms with Crippen molar-refractivity contribution in [3.8, 4) is 0 Å². The van der Waals surface area contributed by atoms with E-state index in [1.165, 1.54) is 49.4 Å². The zero-order valence-corrected chi connectivity index (χ0v) is 11.8. The molecule has 0 aliphatic carbocycles. The summed E-state index contributed by atoms with van der Waals surface area (Å²) in [7, 11) is 0. The Kier molecular flexibility index (Phi) is 12.4. The van der Waals surface area contributed by atoms with Gasteiger partial charge in [-0.15, -0.1) is 0 Å². The summed E-state index contributed by atoms with van der Waals surface area (Å²) >= 11 is 2.44. The number of alkyl halides is 1. The van der Waals surface area contributed by atoms with Crippen LogP contribution in [-0.4, -0.2) is 10.3 Å². The number of unbranched alkanes of at least 4 members (excludes halogenated alkanes) is 8. The lowest BCUT2D eigenvalue weighted by Crippen LogP contribution is -2.09. The van der Waals surface area contributed by atoms with Crippen LogP contribution in [0.5, 0.6) is 0 Å². The standard InChI is InChI=1S/C12H24INO/c13-11-9-7-5-3-1-2-4-6-8-10-12(14)15/h1-11H2,(H2,14,15). The molecule has 90 valence electrons. The maximum Gasteiger partial charge on any atom is 0.217 e. The van der Waals surface area contributed by atoms with Gasteiger partial charge in [0.25, 0.3) is 0 Å². The molecule has 0 saturated heterocycles. The van der Waals surface area contributed by atoms with Crippen LogP contribution in [0.4, 0.5) is 0 Å². The molecule has 0 aliphatic rings. The van der Waals surface area contributed by atoms with E-state index in [9.17, 15) is 4.79 Å². The molecule has 0 heterocycles. The number of hydrogen-bond donors (Lipinski definition) is 1. The monoisotopic (exact) mass is 325 g/mol. The van der Waals surface area contributed by atoms with Gasteiger partial charge in [0.05, 0.1) is 0 Å². The average molecular weight is 325 g/mol. The second kappa shape index (κ2) is 12.3. The Bertz CT molecular complexity index is 151. The number of halogens is 1. The molecule has 0 spiro atoms. The van der Waals surface area contributed by atoms with E-state index in [0.717, 1.165) is 12.8 Å². The van der Waals surface area contributed by atoms with Crippen LogP contribution in [0.1, 0.15) is 64.2 Å². The second-order valence-electron chi connectivity index (χ2n) is 4.09. The quantitative estimate of drug-likeness (QED) is 0.350. The lowest BCUT2D eigenvalue weighted by molar-refractivity contribution is -0.118. The van der Waals surface area contributed by atoms with Gasteiger partial charge in [-0.25, -0.2) is 0 Å². The van der Waals surface area contributed by atoms with E-state index in [4.69, 9.17) is 5.73 Å². The summed E-state index contributed by atoms with van der Waals surface area (Å²) in [6.07, 6.45) is 12.2. The third-order valence-corrected chi connectivity index (χ3v) is 3.32. The van der Waals surface area contributed by atoms with Gasteiger partial charge in [0.1, 0.15) is 0 Å². The van der Waals surface area contributed by atoms with Gasteiger partial charge in [0, 0.05) is 6.42 Å². The molecular formula is C12H24INO. The molecule has 0 atom stereocenters. The van der Waals surface area contributed by atoms with Crippen LogP contribution in [0.3, 0.4) is 0 Å². The predicted molar refractivity (Wildman–Crippen MR) is 74.3 cm³/mol. The lowest BCUT2D eigenvalue weighted by atomic mass is 10.1. The molecule has 0 saturated carbocycles. The van der Waals surface area contributed by atoms with Gasteiger partial charge in [-0.1, -0.05) is 67.5 Å². The molecule has 0 aromatic heterocycles. The number of carbonyl (C=O) groups excluding carboxylic acids is 1. The first kappa shape index (κ1) is 15.2. The fourth-order valence-electron chi connectivity index (χ4n) is 1.63. The highest BCUT2D eigenvalue weighted by Gasteiger charge is 1.95. The van der Waals surface area contributed by atoms with Gasteiger partial charge in [-0.05, 0) is 17.3 Å². The van der Waals surface area contributed by atoms with Crippen molar-refractivity contribution in [3.05, 3.63) is 0 Å². The lowest BCUT2D eigenvalue weighted by Gasteiger charge is -2.01. The molecule has 0 fully saturated rings. The molecule has 0 bridgehead atoms. The summed E-state index contributed by atoms with van der Waals surface area (Å²) in [5, 5.41) is 0. The predicted octanol–water partition coefficient (Wildman–Crippen LogP) is 3.81. The molecule has 0 aromatic rings. The van der Waals surface area contributed by atoms with Crippen molar-refractivity contribution in [1.82, 2.24) is 0 Å². The van der Waals surface area contributed by atoms with Gasteiger partial charge < -0.3 is 5.73 Å². The van der Waals surface area contributed by atoms with Crippen molar-refractivity contribution in [3.63, 3.8) is 0 Å². The fraction of sp³-hybridized carbons (Fsp3) is 0.917. The van der Waals surface area contributed by atoms with E-state index in [1.54, 1.807) is 0 Å². The maximum absolute atomic E-state index is 10.5. The molecule has 0 radical (unpaired) electrons. The van der Waals surface area contributed by atoms with Crippen LogP contribution in [0.25, 0.3) is 0 Å². The van der Waals surface area contributed by atoms with Crippen molar-refractivity contribution < 1.29 is 4.79 Å². The van der Waals surface area contributed by atoms with Crippen molar-refractivity contribution in [2.24, 2.45) is 5.73 Å². The summed E-state index contributed by atoms with van der Waals surface area (Å²) in [6, 6.07) is 0. The van der Waals surface area contributed by atoms with Crippen molar-refractivity contribution in [2.45, 2.75) is 64.2 Å². The normalized spacial score (nSPS) is 10.5. The van der Waals surface area contributed by atoms with Crippen LogP contribution in [0, 0.1) is 0 Å². The Morgan fingerprint density at radius 2 is 1.20 bits per heavy atom. The molecular weight excluding hydrogens is 301 g/mol. The maximum atomic E-state index is 10.5. The highest BCUT2D eigenvalue weighted by Crippen LogP contribution is 2.10. The molecule has 15 heavy (non-hydrogen) atoms. The molecule has 0 unspecified atom stereocenters. The SMILES string of the molecule is NC(=O)CCCCCCCCCCCI. The van der Waals surface area contributed by atoms with E-state index in [2.05, 4.69) is 22.6 Å². The number of rotatable bonds is 11. The zero-order chi connectivity index (χ0) is 11.4. The minimum atomic E-state index is -0.159. The molecule has 3 heteroatoms. The molecule has 0 rings (SSSR count). The number of hydrogen-bond acceptors (Lipinski definition) is 1. The van der Waals surface area contributed by atoms with E-state index in [1.807, 2.05) is 0 Å². The Morgan fingerprint density at radius 3 is 1.60 bits per heavy atom. The second-order valence-corrected chi connectivity index (χ2v) is 5.17. The molecule has 1 amide bonds. The number of primary amides is 1. The summed E-state index contributed by atoms with van der Waals surface area (Å²) in [5.74, 6) is -0.159. The first-order valence-electron chi connectivity index (χ1n) is 6.11. The van der Waals surface area contributed by atoms with Crippen LogP contribution in [0.15, 0.2) is 0 Å². The fourth-order valence-corrected chi connectivity index (χ4v) is 2.17.